The minimum absolute atomic E-state index is 0.0467. The molecule has 4 nitrogen and oxygen atoms in total. The summed E-state index contributed by atoms with van der Waals surface area (Å²) in [5, 5.41) is 12.9. The van der Waals surface area contributed by atoms with Gasteiger partial charge >= 0.3 is 0 Å². The van der Waals surface area contributed by atoms with E-state index in [1.807, 2.05) is 41.1 Å². The molecule has 0 amide bonds. The highest BCUT2D eigenvalue weighted by Crippen LogP contribution is 2.14. The minimum Gasteiger partial charge on any atom is -0.394 e. The standard InChI is InChI=1S/C18H19N3O/c22-13-18(16-4-2-1-3-5-16)20-12-15-6-8-17(9-7-15)21-11-10-19-14-21/h1-11,14,18,20,22H,12-13H2. The SMILES string of the molecule is OCC(NCc1ccc(-n2ccnc2)cc1)c1ccccc1. The van der Waals surface area contributed by atoms with Crippen molar-refractivity contribution >= 4 is 0 Å². The van der Waals surface area contributed by atoms with Gasteiger partial charge in [-0.3, -0.25) is 0 Å². The Balaban J connectivity index is 1.63. The number of nitrogens with zero attached hydrogens (tertiary/aromatic N) is 2. The van der Waals surface area contributed by atoms with Gasteiger partial charge in [0.15, 0.2) is 0 Å². The van der Waals surface area contributed by atoms with E-state index < -0.39 is 0 Å². The minimum atomic E-state index is -0.0467. The average Bonchev–Trinajstić information content (AvgIpc) is 3.11. The summed E-state index contributed by atoms with van der Waals surface area (Å²) >= 11 is 0. The van der Waals surface area contributed by atoms with Crippen molar-refractivity contribution in [3.8, 4) is 5.69 Å². The number of aromatic nitrogens is 2. The molecule has 0 fully saturated rings. The Labute approximate surface area is 130 Å². The summed E-state index contributed by atoms with van der Waals surface area (Å²) in [6.07, 6.45) is 5.47. The fourth-order valence-corrected chi connectivity index (χ4v) is 2.41. The number of aliphatic hydroxyl groups is 1. The summed E-state index contributed by atoms with van der Waals surface area (Å²) < 4.78 is 1.97. The third-order valence-electron chi connectivity index (χ3n) is 3.68. The fraction of sp³-hybridized carbons (Fsp3) is 0.167. The summed E-state index contributed by atoms with van der Waals surface area (Å²) in [4.78, 5) is 4.05. The van der Waals surface area contributed by atoms with Crippen LogP contribution in [0.3, 0.4) is 0 Å². The van der Waals surface area contributed by atoms with Crippen LogP contribution in [0.5, 0.6) is 0 Å². The third-order valence-corrected chi connectivity index (χ3v) is 3.68. The lowest BCUT2D eigenvalue weighted by molar-refractivity contribution is 0.243. The Bertz CT molecular complexity index is 678. The smallest absolute Gasteiger partial charge is 0.0991 e. The van der Waals surface area contributed by atoms with Crippen LogP contribution in [0.15, 0.2) is 73.3 Å². The molecule has 2 aromatic carbocycles. The first-order valence-corrected chi connectivity index (χ1v) is 7.33. The molecule has 0 spiro atoms. The summed E-state index contributed by atoms with van der Waals surface area (Å²) in [6.45, 7) is 0.793. The highest BCUT2D eigenvalue weighted by Gasteiger charge is 2.08. The van der Waals surface area contributed by atoms with E-state index in [0.717, 1.165) is 11.3 Å². The first-order valence-electron chi connectivity index (χ1n) is 7.33. The zero-order chi connectivity index (χ0) is 15.2. The molecule has 4 heteroatoms. The van der Waals surface area contributed by atoms with Crippen molar-refractivity contribution in [2.24, 2.45) is 0 Å². The fourth-order valence-electron chi connectivity index (χ4n) is 2.41. The van der Waals surface area contributed by atoms with E-state index in [1.54, 1.807) is 12.5 Å². The Morgan fingerprint density at radius 1 is 1.05 bits per heavy atom. The van der Waals surface area contributed by atoms with Gasteiger partial charge in [0.05, 0.1) is 19.0 Å². The van der Waals surface area contributed by atoms with Crippen LogP contribution in [0, 0.1) is 0 Å². The molecule has 0 aliphatic rings. The molecule has 1 aromatic heterocycles. The van der Waals surface area contributed by atoms with Crippen molar-refractivity contribution in [1.29, 1.82) is 0 Å². The average molecular weight is 293 g/mol. The molecule has 1 atom stereocenters. The zero-order valence-electron chi connectivity index (χ0n) is 12.3. The molecule has 0 saturated heterocycles. The first kappa shape index (κ1) is 14.5. The van der Waals surface area contributed by atoms with Crippen LogP contribution in [0.2, 0.25) is 0 Å². The van der Waals surface area contributed by atoms with E-state index in [0.29, 0.717) is 6.54 Å². The highest BCUT2D eigenvalue weighted by atomic mass is 16.3. The lowest BCUT2D eigenvalue weighted by Crippen LogP contribution is -2.23. The van der Waals surface area contributed by atoms with Gasteiger partial charge in [-0.15, -0.1) is 0 Å². The number of rotatable bonds is 6. The molecule has 0 bridgehead atoms. The van der Waals surface area contributed by atoms with Crippen LogP contribution in [0.4, 0.5) is 0 Å². The molecule has 1 heterocycles. The Kier molecular flexibility index (Phi) is 4.63. The van der Waals surface area contributed by atoms with Crippen LogP contribution < -0.4 is 5.32 Å². The Morgan fingerprint density at radius 3 is 2.45 bits per heavy atom. The molecular weight excluding hydrogens is 274 g/mol. The van der Waals surface area contributed by atoms with E-state index >= 15 is 0 Å². The maximum Gasteiger partial charge on any atom is 0.0991 e. The van der Waals surface area contributed by atoms with Gasteiger partial charge < -0.3 is 15.0 Å². The lowest BCUT2D eigenvalue weighted by Gasteiger charge is -2.17. The molecule has 0 saturated carbocycles. The van der Waals surface area contributed by atoms with Gasteiger partial charge in [-0.05, 0) is 23.3 Å². The van der Waals surface area contributed by atoms with E-state index in [2.05, 4.69) is 34.6 Å². The molecule has 1 unspecified atom stereocenters. The number of benzene rings is 2. The van der Waals surface area contributed by atoms with Crippen molar-refractivity contribution in [1.82, 2.24) is 14.9 Å². The summed E-state index contributed by atoms with van der Waals surface area (Å²) in [5.41, 5.74) is 3.36. The van der Waals surface area contributed by atoms with E-state index in [-0.39, 0.29) is 12.6 Å². The number of aliphatic hydroxyl groups excluding tert-OH is 1. The molecule has 3 rings (SSSR count). The van der Waals surface area contributed by atoms with E-state index in [1.165, 1.54) is 5.56 Å². The topological polar surface area (TPSA) is 50.1 Å². The second-order valence-corrected chi connectivity index (χ2v) is 5.16. The van der Waals surface area contributed by atoms with Gasteiger partial charge in [-0.2, -0.15) is 0 Å². The van der Waals surface area contributed by atoms with Crippen LogP contribution in [-0.2, 0) is 6.54 Å². The summed E-state index contributed by atoms with van der Waals surface area (Å²) in [5.74, 6) is 0. The largest absolute Gasteiger partial charge is 0.394 e. The second-order valence-electron chi connectivity index (χ2n) is 5.16. The molecule has 0 radical (unpaired) electrons. The molecule has 2 N–H and O–H groups in total. The van der Waals surface area contributed by atoms with Crippen molar-refractivity contribution < 1.29 is 5.11 Å². The van der Waals surface area contributed by atoms with Gasteiger partial charge in [-0.1, -0.05) is 42.5 Å². The predicted molar refractivity (Wildman–Crippen MR) is 86.7 cm³/mol. The van der Waals surface area contributed by atoms with E-state index in [4.69, 9.17) is 0 Å². The van der Waals surface area contributed by atoms with Crippen molar-refractivity contribution in [2.75, 3.05) is 6.61 Å². The van der Waals surface area contributed by atoms with Crippen LogP contribution in [0.1, 0.15) is 17.2 Å². The van der Waals surface area contributed by atoms with Crippen LogP contribution in [-0.4, -0.2) is 21.3 Å². The number of hydrogen-bond donors (Lipinski definition) is 2. The quantitative estimate of drug-likeness (QED) is 0.734. The van der Waals surface area contributed by atoms with Gasteiger partial charge in [-0.25, -0.2) is 4.98 Å². The van der Waals surface area contributed by atoms with Crippen molar-refractivity contribution in [3.63, 3.8) is 0 Å². The first-order chi connectivity index (χ1) is 10.9. The lowest BCUT2D eigenvalue weighted by atomic mass is 10.1. The number of hydrogen-bond acceptors (Lipinski definition) is 3. The Hall–Kier alpha value is -2.43. The van der Waals surface area contributed by atoms with Crippen LogP contribution in [0.25, 0.3) is 5.69 Å². The highest BCUT2D eigenvalue weighted by molar-refractivity contribution is 5.34. The van der Waals surface area contributed by atoms with Gasteiger partial charge in [0.2, 0.25) is 0 Å². The monoisotopic (exact) mass is 293 g/mol. The maximum atomic E-state index is 9.55. The van der Waals surface area contributed by atoms with Crippen molar-refractivity contribution in [3.05, 3.63) is 84.4 Å². The molecule has 0 aliphatic carbocycles. The van der Waals surface area contributed by atoms with Crippen molar-refractivity contribution in [2.45, 2.75) is 12.6 Å². The molecule has 22 heavy (non-hydrogen) atoms. The normalized spacial score (nSPS) is 12.2. The zero-order valence-corrected chi connectivity index (χ0v) is 12.3. The van der Waals surface area contributed by atoms with E-state index in [9.17, 15) is 5.11 Å². The molecule has 112 valence electrons. The molecular formula is C18H19N3O. The van der Waals surface area contributed by atoms with Crippen LogP contribution >= 0.6 is 0 Å². The third kappa shape index (κ3) is 3.42. The second kappa shape index (κ2) is 7.02. The molecule has 3 aromatic rings. The van der Waals surface area contributed by atoms with Gasteiger partial charge in [0, 0.05) is 24.6 Å². The predicted octanol–water partition coefficient (Wildman–Crippen LogP) is 2.70. The Morgan fingerprint density at radius 2 is 1.82 bits per heavy atom. The summed E-state index contributed by atoms with van der Waals surface area (Å²) in [6, 6.07) is 18.3. The van der Waals surface area contributed by atoms with Gasteiger partial charge in [0.1, 0.15) is 0 Å². The number of nitrogens with one attached hydrogen (secondary N) is 1. The molecule has 0 aliphatic heterocycles. The maximum absolute atomic E-state index is 9.55. The number of imidazole rings is 1. The van der Waals surface area contributed by atoms with Gasteiger partial charge in [0.25, 0.3) is 0 Å². The summed E-state index contributed by atoms with van der Waals surface area (Å²) in [7, 11) is 0.